The zero-order chi connectivity index (χ0) is 18.7. The second kappa shape index (κ2) is 8.36. The average molecular weight is 412 g/mol. The molecule has 10 heteroatoms. The number of thiazole rings is 1. The first-order chi connectivity index (χ1) is 12.4. The van der Waals surface area contributed by atoms with Crippen LogP contribution in [0.4, 0.5) is 5.13 Å². The van der Waals surface area contributed by atoms with Gasteiger partial charge in [-0.3, -0.25) is 15.0 Å². The maximum atomic E-state index is 12.7. The summed E-state index contributed by atoms with van der Waals surface area (Å²) in [4.78, 5) is 28.0. The summed E-state index contributed by atoms with van der Waals surface area (Å²) in [6.07, 6.45) is 0. The van der Waals surface area contributed by atoms with Crippen LogP contribution in [0.25, 0.3) is 0 Å². The van der Waals surface area contributed by atoms with Gasteiger partial charge in [0.05, 0.1) is 27.6 Å². The molecular formula is C16H18ClN5O2S2. The maximum Gasteiger partial charge on any atom is 0.232 e. The van der Waals surface area contributed by atoms with E-state index in [1.54, 1.807) is 12.1 Å². The van der Waals surface area contributed by atoms with Crippen LogP contribution in [-0.4, -0.2) is 29.1 Å². The van der Waals surface area contributed by atoms with Crippen molar-refractivity contribution in [2.75, 3.05) is 17.6 Å². The second-order valence-corrected chi connectivity index (χ2v) is 8.48. The molecule has 1 saturated heterocycles. The summed E-state index contributed by atoms with van der Waals surface area (Å²) < 4.78 is 0.871. The van der Waals surface area contributed by atoms with Gasteiger partial charge in [0.1, 0.15) is 0 Å². The van der Waals surface area contributed by atoms with Crippen molar-refractivity contribution in [2.24, 2.45) is 11.7 Å². The van der Waals surface area contributed by atoms with Crippen molar-refractivity contribution >= 4 is 51.6 Å². The van der Waals surface area contributed by atoms with Gasteiger partial charge in [-0.05, 0) is 24.6 Å². The van der Waals surface area contributed by atoms with Crippen molar-refractivity contribution in [3.8, 4) is 0 Å². The van der Waals surface area contributed by atoms with E-state index in [0.29, 0.717) is 16.7 Å². The van der Waals surface area contributed by atoms with Crippen LogP contribution >= 0.6 is 34.7 Å². The summed E-state index contributed by atoms with van der Waals surface area (Å²) in [5.74, 6) is -0.613. The molecular weight excluding hydrogens is 394 g/mol. The number of halogens is 1. The van der Waals surface area contributed by atoms with Crippen molar-refractivity contribution in [3.63, 3.8) is 0 Å². The highest BCUT2D eigenvalue weighted by molar-refractivity contribution is 8.01. The summed E-state index contributed by atoms with van der Waals surface area (Å²) in [5.41, 5.74) is 13.1. The fourth-order valence-electron chi connectivity index (χ4n) is 2.63. The molecule has 1 aliphatic heterocycles. The number of nitrogens with zero attached hydrogens (tertiary/aromatic N) is 1. The number of nitrogens with two attached hydrogens (primary N) is 1. The highest BCUT2D eigenvalue weighted by Crippen LogP contribution is 2.33. The van der Waals surface area contributed by atoms with Gasteiger partial charge in [-0.1, -0.05) is 35.1 Å². The molecule has 2 heterocycles. The number of hydrogen-bond acceptors (Lipinski definition) is 7. The highest BCUT2D eigenvalue weighted by Gasteiger charge is 2.34. The standard InChI is InChI=1S/C16H18ClN5O2S2/c1-8-15(25-7-12(18)23)26-16(20-8)21-14(24)11-6-19-22-13(11)9-2-4-10(17)5-3-9/h2-5,11,13,19,22H,6-7H2,1H3,(H2,18,23)(H,20,21,24). The van der Waals surface area contributed by atoms with Crippen LogP contribution in [0.3, 0.4) is 0 Å². The van der Waals surface area contributed by atoms with E-state index in [0.717, 1.165) is 15.5 Å². The van der Waals surface area contributed by atoms with Crippen molar-refractivity contribution in [1.82, 2.24) is 15.8 Å². The molecule has 3 rings (SSSR count). The largest absolute Gasteiger partial charge is 0.369 e. The van der Waals surface area contributed by atoms with Crippen LogP contribution < -0.4 is 21.9 Å². The lowest BCUT2D eigenvalue weighted by molar-refractivity contribution is -0.120. The fraction of sp³-hybridized carbons (Fsp3) is 0.312. The predicted octanol–water partition coefficient (Wildman–Crippen LogP) is 2.09. The summed E-state index contributed by atoms with van der Waals surface area (Å²) in [5, 5.41) is 4.04. The van der Waals surface area contributed by atoms with Crippen LogP contribution in [0.5, 0.6) is 0 Å². The number of benzene rings is 1. The van der Waals surface area contributed by atoms with Gasteiger partial charge in [-0.25, -0.2) is 10.4 Å². The second-order valence-electron chi connectivity index (χ2n) is 5.80. The molecule has 0 radical (unpaired) electrons. The highest BCUT2D eigenvalue weighted by atomic mass is 35.5. The Bertz CT molecular complexity index is 811. The molecule has 0 spiro atoms. The Balaban J connectivity index is 1.68. The van der Waals surface area contributed by atoms with Crippen molar-refractivity contribution in [2.45, 2.75) is 17.2 Å². The van der Waals surface area contributed by atoms with E-state index in [2.05, 4.69) is 21.2 Å². The lowest BCUT2D eigenvalue weighted by Gasteiger charge is -2.17. The normalized spacial score (nSPS) is 19.5. The third-order valence-corrected chi connectivity index (χ3v) is 6.59. The Labute approximate surface area is 164 Å². The van der Waals surface area contributed by atoms with Gasteiger partial charge in [0, 0.05) is 11.6 Å². The van der Waals surface area contributed by atoms with E-state index in [9.17, 15) is 9.59 Å². The SMILES string of the molecule is Cc1nc(NC(=O)C2CNNC2c2ccc(Cl)cc2)sc1SCC(N)=O. The smallest absolute Gasteiger partial charge is 0.232 e. The van der Waals surface area contributed by atoms with E-state index in [4.69, 9.17) is 17.3 Å². The number of rotatable bonds is 6. The van der Waals surface area contributed by atoms with Crippen molar-refractivity contribution in [3.05, 3.63) is 40.5 Å². The van der Waals surface area contributed by atoms with Crippen LogP contribution in [0, 0.1) is 12.8 Å². The number of anilines is 1. The molecule has 1 aliphatic rings. The van der Waals surface area contributed by atoms with Gasteiger partial charge >= 0.3 is 0 Å². The number of aromatic nitrogens is 1. The van der Waals surface area contributed by atoms with Gasteiger partial charge < -0.3 is 11.1 Å². The number of aryl methyl sites for hydroxylation is 1. The molecule has 26 heavy (non-hydrogen) atoms. The third kappa shape index (κ3) is 4.54. The molecule has 5 N–H and O–H groups in total. The molecule has 1 fully saturated rings. The van der Waals surface area contributed by atoms with Gasteiger partial charge in [-0.2, -0.15) is 0 Å². The Morgan fingerprint density at radius 3 is 2.85 bits per heavy atom. The molecule has 1 aromatic heterocycles. The van der Waals surface area contributed by atoms with Crippen LogP contribution in [0.2, 0.25) is 5.02 Å². The van der Waals surface area contributed by atoms with E-state index in [1.165, 1.54) is 23.1 Å². The van der Waals surface area contributed by atoms with Gasteiger partial charge in [-0.15, -0.1) is 11.8 Å². The van der Waals surface area contributed by atoms with Gasteiger partial charge in [0.15, 0.2) is 5.13 Å². The molecule has 0 aliphatic carbocycles. The molecule has 0 bridgehead atoms. The number of hydrogen-bond donors (Lipinski definition) is 4. The predicted molar refractivity (Wildman–Crippen MR) is 104 cm³/mol. The number of thioether (sulfide) groups is 1. The molecule has 2 atom stereocenters. The van der Waals surface area contributed by atoms with E-state index in [-0.39, 0.29) is 29.5 Å². The zero-order valence-corrected chi connectivity index (χ0v) is 16.3. The monoisotopic (exact) mass is 411 g/mol. The zero-order valence-electron chi connectivity index (χ0n) is 13.9. The molecule has 2 unspecified atom stereocenters. The Hall–Kier alpha value is -1.65. The summed E-state index contributed by atoms with van der Waals surface area (Å²) in [7, 11) is 0. The minimum atomic E-state index is -0.387. The van der Waals surface area contributed by atoms with Crippen molar-refractivity contribution in [1.29, 1.82) is 0 Å². The lowest BCUT2D eigenvalue weighted by atomic mass is 9.94. The quantitative estimate of drug-likeness (QED) is 0.542. The molecule has 138 valence electrons. The summed E-state index contributed by atoms with van der Waals surface area (Å²) >= 11 is 8.60. The topological polar surface area (TPSA) is 109 Å². The minimum absolute atomic E-state index is 0.123. The number of amides is 2. The van der Waals surface area contributed by atoms with Crippen molar-refractivity contribution < 1.29 is 9.59 Å². The van der Waals surface area contributed by atoms with Gasteiger partial charge in [0.2, 0.25) is 11.8 Å². The number of carbonyl (C=O) groups excluding carboxylic acids is 2. The van der Waals surface area contributed by atoms with Gasteiger partial charge in [0.25, 0.3) is 0 Å². The maximum absolute atomic E-state index is 12.7. The first-order valence-electron chi connectivity index (χ1n) is 7.87. The number of nitrogens with one attached hydrogen (secondary N) is 3. The minimum Gasteiger partial charge on any atom is -0.369 e. The lowest BCUT2D eigenvalue weighted by Crippen LogP contribution is -2.29. The Morgan fingerprint density at radius 1 is 1.42 bits per heavy atom. The van der Waals surface area contributed by atoms with Crippen LogP contribution in [0.15, 0.2) is 28.5 Å². The molecule has 0 saturated carbocycles. The summed E-state index contributed by atoms with van der Waals surface area (Å²) in [6.45, 7) is 2.34. The first-order valence-corrected chi connectivity index (χ1v) is 10.1. The molecule has 7 nitrogen and oxygen atoms in total. The number of carbonyl (C=O) groups is 2. The third-order valence-electron chi connectivity index (χ3n) is 3.88. The molecule has 2 amide bonds. The fourth-order valence-corrected chi connectivity index (χ4v) is 4.64. The Morgan fingerprint density at radius 2 is 2.15 bits per heavy atom. The van der Waals surface area contributed by atoms with E-state index >= 15 is 0 Å². The summed E-state index contributed by atoms with van der Waals surface area (Å²) in [6, 6.07) is 7.26. The molecule has 1 aromatic carbocycles. The average Bonchev–Trinajstić information content (AvgIpc) is 3.20. The van der Waals surface area contributed by atoms with E-state index < -0.39 is 0 Å². The Kier molecular flexibility index (Phi) is 6.15. The first kappa shape index (κ1) is 19.1. The van der Waals surface area contributed by atoms with Crippen LogP contribution in [-0.2, 0) is 9.59 Å². The molecule has 2 aromatic rings. The van der Waals surface area contributed by atoms with E-state index in [1.807, 2.05) is 19.1 Å². The number of primary amides is 1. The number of hydrazine groups is 1. The van der Waals surface area contributed by atoms with Crippen LogP contribution in [0.1, 0.15) is 17.3 Å².